The molecule has 4 nitrogen and oxygen atoms in total. The van der Waals surface area contributed by atoms with Crippen LogP contribution in [0.25, 0.3) is 0 Å². The van der Waals surface area contributed by atoms with Gasteiger partial charge in [-0.3, -0.25) is 9.59 Å². The van der Waals surface area contributed by atoms with Gasteiger partial charge >= 0.3 is 5.97 Å². The molecule has 0 aromatic heterocycles. The van der Waals surface area contributed by atoms with Crippen molar-refractivity contribution in [3.8, 4) is 5.75 Å². The predicted molar refractivity (Wildman–Crippen MR) is 106 cm³/mol. The SMILES string of the molecule is CCOC(=O)CC(C)C(C)Oc1ccc(C(=O)Cc2ccc(Cl)cc2)cc1. The Morgan fingerprint density at radius 3 is 2.22 bits per heavy atom. The number of ketones is 1. The monoisotopic (exact) mass is 388 g/mol. The maximum Gasteiger partial charge on any atom is 0.306 e. The zero-order valence-electron chi connectivity index (χ0n) is 15.9. The summed E-state index contributed by atoms with van der Waals surface area (Å²) in [6, 6.07) is 14.3. The smallest absolute Gasteiger partial charge is 0.306 e. The Morgan fingerprint density at radius 1 is 1.00 bits per heavy atom. The van der Waals surface area contributed by atoms with Crippen LogP contribution < -0.4 is 4.74 Å². The zero-order valence-corrected chi connectivity index (χ0v) is 16.7. The second-order valence-electron chi connectivity index (χ2n) is 6.56. The Labute approximate surface area is 165 Å². The Hall–Kier alpha value is -2.33. The summed E-state index contributed by atoms with van der Waals surface area (Å²) in [5.41, 5.74) is 1.55. The van der Waals surface area contributed by atoms with Gasteiger partial charge in [0.2, 0.25) is 0 Å². The van der Waals surface area contributed by atoms with E-state index in [9.17, 15) is 9.59 Å². The first kappa shape index (κ1) is 21.0. The molecule has 0 aliphatic carbocycles. The van der Waals surface area contributed by atoms with E-state index in [2.05, 4.69) is 0 Å². The van der Waals surface area contributed by atoms with E-state index in [1.165, 1.54) is 0 Å². The first-order valence-electron chi connectivity index (χ1n) is 9.09. The van der Waals surface area contributed by atoms with Crippen molar-refractivity contribution in [2.75, 3.05) is 6.61 Å². The summed E-state index contributed by atoms with van der Waals surface area (Å²) >= 11 is 5.87. The molecule has 0 amide bonds. The van der Waals surface area contributed by atoms with Crippen LogP contribution in [0, 0.1) is 5.92 Å². The lowest BCUT2D eigenvalue weighted by molar-refractivity contribution is -0.144. The molecule has 144 valence electrons. The number of hydrogen-bond acceptors (Lipinski definition) is 4. The second-order valence-corrected chi connectivity index (χ2v) is 7.00. The molecule has 2 aromatic rings. The molecular weight excluding hydrogens is 364 g/mol. The summed E-state index contributed by atoms with van der Waals surface area (Å²) in [5.74, 6) is 0.507. The van der Waals surface area contributed by atoms with E-state index in [-0.39, 0.29) is 23.8 Å². The fourth-order valence-corrected chi connectivity index (χ4v) is 2.71. The third-order valence-corrected chi connectivity index (χ3v) is 4.62. The van der Waals surface area contributed by atoms with Gasteiger partial charge in [0.25, 0.3) is 0 Å². The van der Waals surface area contributed by atoms with E-state index >= 15 is 0 Å². The molecule has 0 bridgehead atoms. The highest BCUT2D eigenvalue weighted by molar-refractivity contribution is 6.30. The molecule has 0 heterocycles. The van der Waals surface area contributed by atoms with Crippen molar-refractivity contribution < 1.29 is 19.1 Å². The number of esters is 1. The average molecular weight is 389 g/mol. The van der Waals surface area contributed by atoms with Gasteiger partial charge in [0.05, 0.1) is 19.1 Å². The summed E-state index contributed by atoms with van der Waals surface area (Å²) in [4.78, 5) is 24.0. The highest BCUT2D eigenvalue weighted by Gasteiger charge is 2.18. The van der Waals surface area contributed by atoms with E-state index in [1.54, 1.807) is 43.3 Å². The molecule has 2 rings (SSSR count). The van der Waals surface area contributed by atoms with Crippen LogP contribution in [0.5, 0.6) is 5.75 Å². The second kappa shape index (κ2) is 10.1. The van der Waals surface area contributed by atoms with Gasteiger partial charge in [0.1, 0.15) is 5.75 Å². The molecule has 27 heavy (non-hydrogen) atoms. The van der Waals surface area contributed by atoms with Gasteiger partial charge in [-0.05, 0) is 55.8 Å². The topological polar surface area (TPSA) is 52.6 Å². The highest BCUT2D eigenvalue weighted by atomic mass is 35.5. The molecule has 0 aliphatic heterocycles. The molecule has 5 heteroatoms. The molecule has 0 saturated heterocycles. The Bertz CT molecular complexity index is 753. The minimum atomic E-state index is -0.219. The molecular formula is C22H25ClO4. The number of benzene rings is 2. The molecule has 2 aromatic carbocycles. The molecule has 0 spiro atoms. The summed E-state index contributed by atoms with van der Waals surface area (Å²) < 4.78 is 10.9. The van der Waals surface area contributed by atoms with Crippen LogP contribution in [0.3, 0.4) is 0 Å². The summed E-state index contributed by atoms with van der Waals surface area (Å²) in [6.45, 7) is 6.04. The van der Waals surface area contributed by atoms with E-state index in [1.807, 2.05) is 26.0 Å². The fourth-order valence-electron chi connectivity index (χ4n) is 2.59. The maximum atomic E-state index is 12.4. The standard InChI is InChI=1S/C22H25ClO4/c1-4-26-22(25)13-15(2)16(3)27-20-11-7-18(8-12-20)21(24)14-17-5-9-19(23)10-6-17/h5-12,15-16H,4,13-14H2,1-3H3. The molecule has 0 aliphatic rings. The van der Waals surface area contributed by atoms with E-state index in [0.29, 0.717) is 35.8 Å². The number of carbonyl (C=O) groups excluding carboxylic acids is 2. The summed E-state index contributed by atoms with van der Waals surface area (Å²) in [6.07, 6.45) is 0.488. The van der Waals surface area contributed by atoms with Gasteiger partial charge in [-0.15, -0.1) is 0 Å². The Balaban J connectivity index is 1.91. The lowest BCUT2D eigenvalue weighted by Crippen LogP contribution is -2.24. The molecule has 0 N–H and O–H groups in total. The van der Waals surface area contributed by atoms with Crippen molar-refractivity contribution in [3.05, 3.63) is 64.7 Å². The Kier molecular flexibility index (Phi) is 7.86. The predicted octanol–water partition coefficient (Wildman–Crippen LogP) is 5.12. The molecule has 0 saturated carbocycles. The maximum absolute atomic E-state index is 12.4. The van der Waals surface area contributed by atoms with Crippen LogP contribution in [-0.4, -0.2) is 24.5 Å². The number of halogens is 1. The van der Waals surface area contributed by atoms with Crippen molar-refractivity contribution in [2.45, 2.75) is 39.7 Å². The van der Waals surface area contributed by atoms with Gasteiger partial charge in [0.15, 0.2) is 5.78 Å². The largest absolute Gasteiger partial charge is 0.490 e. The third kappa shape index (κ3) is 6.72. The highest BCUT2D eigenvalue weighted by Crippen LogP contribution is 2.20. The van der Waals surface area contributed by atoms with Crippen LogP contribution in [0.15, 0.2) is 48.5 Å². The van der Waals surface area contributed by atoms with Crippen LogP contribution in [-0.2, 0) is 16.0 Å². The van der Waals surface area contributed by atoms with Gasteiger partial charge < -0.3 is 9.47 Å². The normalized spacial score (nSPS) is 12.9. The van der Waals surface area contributed by atoms with Gasteiger partial charge in [0, 0.05) is 22.9 Å². The molecule has 0 fully saturated rings. The quantitative estimate of drug-likeness (QED) is 0.441. The first-order chi connectivity index (χ1) is 12.9. The van der Waals surface area contributed by atoms with Crippen molar-refractivity contribution in [3.63, 3.8) is 0 Å². The van der Waals surface area contributed by atoms with Gasteiger partial charge in [-0.2, -0.15) is 0 Å². The lowest BCUT2D eigenvalue weighted by atomic mass is 10.0. The van der Waals surface area contributed by atoms with Crippen LogP contribution >= 0.6 is 11.6 Å². The summed E-state index contributed by atoms with van der Waals surface area (Å²) in [7, 11) is 0. The van der Waals surface area contributed by atoms with Crippen LogP contribution in [0.2, 0.25) is 5.02 Å². The van der Waals surface area contributed by atoms with E-state index in [4.69, 9.17) is 21.1 Å². The molecule has 2 atom stereocenters. The number of Topliss-reactive ketones (excluding diaryl/α,β-unsaturated/α-hetero) is 1. The van der Waals surface area contributed by atoms with Crippen molar-refractivity contribution in [1.82, 2.24) is 0 Å². The van der Waals surface area contributed by atoms with Crippen molar-refractivity contribution >= 4 is 23.4 Å². The van der Waals surface area contributed by atoms with Gasteiger partial charge in [-0.25, -0.2) is 0 Å². The average Bonchev–Trinajstić information content (AvgIpc) is 2.64. The molecule has 0 radical (unpaired) electrons. The van der Waals surface area contributed by atoms with E-state index in [0.717, 1.165) is 5.56 Å². The van der Waals surface area contributed by atoms with Crippen molar-refractivity contribution in [1.29, 1.82) is 0 Å². The number of ether oxygens (including phenoxy) is 2. The first-order valence-corrected chi connectivity index (χ1v) is 9.46. The summed E-state index contributed by atoms with van der Waals surface area (Å²) in [5, 5.41) is 0.652. The third-order valence-electron chi connectivity index (χ3n) is 4.37. The molecule has 2 unspecified atom stereocenters. The number of rotatable bonds is 9. The zero-order chi connectivity index (χ0) is 19.8. The minimum absolute atomic E-state index is 0.0234. The minimum Gasteiger partial charge on any atom is -0.490 e. The number of hydrogen-bond donors (Lipinski definition) is 0. The van der Waals surface area contributed by atoms with Gasteiger partial charge in [-0.1, -0.05) is 30.7 Å². The number of carbonyl (C=O) groups is 2. The Morgan fingerprint density at radius 2 is 1.63 bits per heavy atom. The lowest BCUT2D eigenvalue weighted by Gasteiger charge is -2.21. The van der Waals surface area contributed by atoms with E-state index < -0.39 is 0 Å². The fraction of sp³-hybridized carbons (Fsp3) is 0.364. The van der Waals surface area contributed by atoms with Crippen molar-refractivity contribution in [2.24, 2.45) is 5.92 Å². The van der Waals surface area contributed by atoms with Crippen LogP contribution in [0.1, 0.15) is 43.1 Å². The van der Waals surface area contributed by atoms with Crippen LogP contribution in [0.4, 0.5) is 0 Å².